The first-order valence-corrected chi connectivity index (χ1v) is 2.87. The second-order valence-electron chi connectivity index (χ2n) is 0.794. The summed E-state index contributed by atoms with van der Waals surface area (Å²) in [6.45, 7) is 0. The molecule has 0 rings (SSSR count). The first kappa shape index (κ1) is 29.4. The second-order valence-corrected chi connectivity index (χ2v) is 1.69. The van der Waals surface area contributed by atoms with Crippen LogP contribution in [0.3, 0.4) is 0 Å². The Bertz CT molecular complexity index is 130. The summed E-state index contributed by atoms with van der Waals surface area (Å²) in [7, 11) is -6.83. The van der Waals surface area contributed by atoms with Crippen LogP contribution in [0.5, 0.6) is 0 Å². The molecule has 0 amide bonds. The average molecular weight is 232 g/mol. The summed E-state index contributed by atoms with van der Waals surface area (Å²) in [5.41, 5.74) is 0. The number of rotatable bonds is 0. The predicted octanol–water partition coefficient (Wildman–Crippen LogP) is -4.65. The molecule has 0 bridgehead atoms. The van der Waals surface area contributed by atoms with Crippen molar-refractivity contribution < 1.29 is 32.6 Å². The Labute approximate surface area is 137 Å². The van der Waals surface area contributed by atoms with Gasteiger partial charge in [-0.1, -0.05) is 0 Å². The van der Waals surface area contributed by atoms with Crippen LogP contribution in [0.1, 0.15) is 0 Å². The zero-order chi connectivity index (χ0) is 8.08. The van der Waals surface area contributed by atoms with Crippen molar-refractivity contribution in [2.75, 3.05) is 0 Å². The van der Waals surface area contributed by atoms with E-state index in [1.54, 1.807) is 0 Å². The van der Waals surface area contributed by atoms with Gasteiger partial charge < -0.3 is 15.1 Å². The van der Waals surface area contributed by atoms with Crippen LogP contribution in [0, 0.1) is 0 Å². The standard InChI is InChI=1S/BH3O3.3Na.H2O4S.3H/c2-1(3)4;;;;1-5(2,3)4;;;/h2-4H;;;;(H2,1,2,3,4);;;. The van der Waals surface area contributed by atoms with Crippen LogP contribution in [0.4, 0.5) is 0 Å². The molecule has 0 fully saturated rings. The van der Waals surface area contributed by atoms with Gasteiger partial charge in [0.15, 0.2) is 0 Å². The second kappa shape index (κ2) is 16.3. The molecule has 0 aliphatic carbocycles. The summed E-state index contributed by atoms with van der Waals surface area (Å²) >= 11 is 0. The predicted molar refractivity (Wildman–Crippen MR) is 48.0 cm³/mol. The zero-order valence-electron chi connectivity index (χ0n) is 4.04. The van der Waals surface area contributed by atoms with E-state index in [1.807, 2.05) is 0 Å². The van der Waals surface area contributed by atoms with Crippen molar-refractivity contribution in [3.8, 4) is 0 Å². The monoisotopic (exact) mass is 232 g/mol. The van der Waals surface area contributed by atoms with Crippen molar-refractivity contribution in [2.24, 2.45) is 0 Å². The summed E-state index contributed by atoms with van der Waals surface area (Å²) in [4.78, 5) is 0. The van der Waals surface area contributed by atoms with E-state index >= 15 is 0 Å². The van der Waals surface area contributed by atoms with E-state index in [0.29, 0.717) is 0 Å². The Kier molecular flexibility index (Phi) is 39.8. The third kappa shape index (κ3) is 226. The molecule has 0 aliphatic heterocycles. The van der Waals surface area contributed by atoms with Crippen LogP contribution < -0.4 is 0 Å². The van der Waals surface area contributed by atoms with E-state index in [9.17, 15) is 0 Å². The molecule has 0 aromatic rings. The van der Waals surface area contributed by atoms with Crippen LogP contribution in [0.2, 0.25) is 0 Å². The maximum absolute atomic E-state index is 8.74. The van der Waals surface area contributed by atoms with Crippen molar-refractivity contribution in [3.05, 3.63) is 0 Å². The molecule has 0 unspecified atom stereocenters. The molecule has 0 spiro atoms. The third-order valence-electron chi connectivity index (χ3n) is 0. The molecule has 0 heterocycles. The van der Waals surface area contributed by atoms with Gasteiger partial charge in [0.25, 0.3) is 0 Å². The fourth-order valence-electron chi connectivity index (χ4n) is 0. The molecular weight excluding hydrogens is 224 g/mol. The van der Waals surface area contributed by atoms with E-state index in [1.165, 1.54) is 0 Å². The summed E-state index contributed by atoms with van der Waals surface area (Å²) in [5.74, 6) is 0. The van der Waals surface area contributed by atoms with Crippen LogP contribution in [-0.2, 0) is 10.4 Å². The topological polar surface area (TPSA) is 135 Å². The van der Waals surface area contributed by atoms with Gasteiger partial charge in [0.1, 0.15) is 0 Å². The molecule has 62 valence electrons. The van der Waals surface area contributed by atoms with Crippen molar-refractivity contribution >= 4 is 106 Å². The van der Waals surface area contributed by atoms with Gasteiger partial charge in [0, 0.05) is 0 Å². The molecule has 0 atom stereocenters. The van der Waals surface area contributed by atoms with E-state index in [4.69, 9.17) is 32.6 Å². The van der Waals surface area contributed by atoms with Gasteiger partial charge in [-0.2, -0.15) is 8.42 Å². The zero-order valence-corrected chi connectivity index (χ0v) is 4.85. The first-order chi connectivity index (χ1) is 3.73. The summed E-state index contributed by atoms with van der Waals surface area (Å²) in [5, 5.41) is 21.5. The quantitative estimate of drug-likeness (QED) is 0.209. The minimum absolute atomic E-state index is 0. The van der Waals surface area contributed by atoms with Crippen molar-refractivity contribution in [1.29, 1.82) is 0 Å². The molecule has 0 aliphatic rings. The van der Waals surface area contributed by atoms with Gasteiger partial charge in [0.2, 0.25) is 0 Å². The fourth-order valence-corrected chi connectivity index (χ4v) is 0. The van der Waals surface area contributed by atoms with Crippen molar-refractivity contribution in [3.63, 3.8) is 0 Å². The third-order valence-corrected chi connectivity index (χ3v) is 0. The van der Waals surface area contributed by atoms with E-state index in [2.05, 4.69) is 0 Å². The van der Waals surface area contributed by atoms with Gasteiger partial charge in [-0.05, 0) is 0 Å². The Morgan fingerprint density at radius 2 is 0.833 bits per heavy atom. The van der Waals surface area contributed by atoms with Gasteiger partial charge in [-0.25, -0.2) is 0 Å². The Morgan fingerprint density at radius 3 is 0.833 bits per heavy atom. The van der Waals surface area contributed by atoms with Gasteiger partial charge in [-0.15, -0.1) is 0 Å². The normalized spacial score (nSPS) is 7.08. The van der Waals surface area contributed by atoms with Crippen LogP contribution >= 0.6 is 0 Å². The molecule has 5 N–H and O–H groups in total. The van der Waals surface area contributed by atoms with Crippen molar-refractivity contribution in [1.82, 2.24) is 0 Å². The first-order valence-electron chi connectivity index (χ1n) is 1.47. The van der Waals surface area contributed by atoms with Crippen LogP contribution in [0.15, 0.2) is 0 Å². The van der Waals surface area contributed by atoms with E-state index in [0.717, 1.165) is 0 Å². The minimum atomic E-state index is -4.67. The number of hydrogen-bond acceptors (Lipinski definition) is 5. The Morgan fingerprint density at radius 1 is 0.833 bits per heavy atom. The SMILES string of the molecule is O=S(=O)(O)O.OB(O)O.[NaH].[NaH].[NaH]. The Balaban J connectivity index is -0.0000000221. The molecule has 0 aromatic heterocycles. The molecule has 0 saturated carbocycles. The van der Waals surface area contributed by atoms with Crippen molar-refractivity contribution in [2.45, 2.75) is 0 Å². The average Bonchev–Trinajstić information content (AvgIpc) is 1.19. The van der Waals surface area contributed by atoms with Crippen LogP contribution in [-0.4, -0.2) is 129 Å². The summed E-state index contributed by atoms with van der Waals surface area (Å²) in [6.07, 6.45) is 0. The molecule has 12 heavy (non-hydrogen) atoms. The summed E-state index contributed by atoms with van der Waals surface area (Å²) in [6, 6.07) is 0. The Hall–Kier alpha value is 2.81. The molecule has 0 radical (unpaired) electrons. The molecule has 12 heteroatoms. The van der Waals surface area contributed by atoms with Gasteiger partial charge >= 0.3 is 106 Å². The van der Waals surface area contributed by atoms with Gasteiger partial charge in [-0.3, -0.25) is 9.11 Å². The van der Waals surface area contributed by atoms with E-state index < -0.39 is 17.7 Å². The molecule has 0 saturated heterocycles. The van der Waals surface area contributed by atoms with Crippen LogP contribution in [0.25, 0.3) is 0 Å². The summed E-state index contributed by atoms with van der Waals surface area (Å²) < 4.78 is 31.6. The van der Waals surface area contributed by atoms with E-state index in [-0.39, 0.29) is 88.7 Å². The molecule has 0 aromatic carbocycles. The fraction of sp³-hybridized carbons (Fsp3) is 0. The molecule has 7 nitrogen and oxygen atoms in total. The molecular formula is H8BNa3O7S. The maximum atomic E-state index is 8.74. The number of hydrogen-bond donors (Lipinski definition) is 5. The van der Waals surface area contributed by atoms with Gasteiger partial charge in [0.05, 0.1) is 0 Å².